The van der Waals surface area contributed by atoms with Crippen LogP contribution in [0.1, 0.15) is 19.8 Å². The van der Waals surface area contributed by atoms with Gasteiger partial charge in [-0.25, -0.2) is 0 Å². The minimum Gasteiger partial charge on any atom is -0.299 e. The Hall–Kier alpha value is -0.160. The van der Waals surface area contributed by atoms with Crippen LogP contribution in [0, 0.1) is 12.3 Å². The Balaban J connectivity index is 3.67. The fourth-order valence-corrected chi connectivity index (χ4v) is 0.947. The maximum Gasteiger partial charge on any atom is 0.0689 e. The third kappa shape index (κ3) is 5.49. The van der Waals surface area contributed by atoms with Crippen molar-refractivity contribution in [2.75, 3.05) is 6.54 Å². The van der Waals surface area contributed by atoms with E-state index in [0.29, 0.717) is 11.6 Å². The summed E-state index contributed by atoms with van der Waals surface area (Å²) in [4.78, 5) is 0. The highest BCUT2D eigenvalue weighted by molar-refractivity contribution is 6.36. The molecule has 1 atom stereocenters. The van der Waals surface area contributed by atoms with E-state index in [1.165, 1.54) is 5.54 Å². The summed E-state index contributed by atoms with van der Waals surface area (Å²) >= 11 is 11.0. The van der Waals surface area contributed by atoms with Crippen molar-refractivity contribution < 1.29 is 0 Å². The normalized spacial score (nSPS) is 14.0. The summed E-state index contributed by atoms with van der Waals surface area (Å²) in [5.74, 6) is 2.64. The lowest BCUT2D eigenvalue weighted by molar-refractivity contribution is 0.593. The number of halogens is 2. The zero-order valence-electron chi connectivity index (χ0n) is 7.11. The van der Waals surface area contributed by atoms with Gasteiger partial charge in [-0.1, -0.05) is 42.5 Å². The average Bonchev–Trinajstić information content (AvgIpc) is 2.11. The zero-order valence-corrected chi connectivity index (χ0v) is 8.62. The maximum atomic E-state index is 5.66. The van der Waals surface area contributed by atoms with E-state index in [-0.39, 0.29) is 6.04 Å². The van der Waals surface area contributed by atoms with Crippen molar-refractivity contribution in [3.63, 3.8) is 0 Å². The third-order valence-electron chi connectivity index (χ3n) is 1.41. The van der Waals surface area contributed by atoms with Crippen LogP contribution in [0.5, 0.6) is 0 Å². The van der Waals surface area contributed by atoms with E-state index < -0.39 is 0 Å². The summed E-state index contributed by atoms with van der Waals surface area (Å²) in [6.07, 6.45) is 7.30. The van der Waals surface area contributed by atoms with Crippen LogP contribution < -0.4 is 5.32 Å². The largest absolute Gasteiger partial charge is 0.299 e. The SMILES string of the molecule is C#CC(CCC)NCC(Cl)=CCl. The summed E-state index contributed by atoms with van der Waals surface area (Å²) in [5, 5.41) is 3.68. The molecule has 0 fully saturated rings. The van der Waals surface area contributed by atoms with E-state index in [2.05, 4.69) is 18.2 Å². The topological polar surface area (TPSA) is 12.0 Å². The molecule has 0 radical (unpaired) electrons. The summed E-state index contributed by atoms with van der Waals surface area (Å²) < 4.78 is 0. The predicted octanol–water partition coefficient (Wildman–Crippen LogP) is 2.70. The molecule has 0 spiro atoms. The first kappa shape index (κ1) is 11.8. The van der Waals surface area contributed by atoms with Crippen molar-refractivity contribution in [2.24, 2.45) is 0 Å². The number of hydrogen-bond acceptors (Lipinski definition) is 1. The monoisotopic (exact) mass is 205 g/mol. The van der Waals surface area contributed by atoms with E-state index in [1.807, 2.05) is 0 Å². The number of rotatable bonds is 5. The van der Waals surface area contributed by atoms with Gasteiger partial charge in [-0.15, -0.1) is 6.42 Å². The van der Waals surface area contributed by atoms with Crippen molar-refractivity contribution in [3.05, 3.63) is 10.6 Å². The fraction of sp³-hybridized carbons (Fsp3) is 0.556. The number of hydrogen-bond donors (Lipinski definition) is 1. The van der Waals surface area contributed by atoms with E-state index in [1.54, 1.807) is 0 Å². The molecule has 68 valence electrons. The molecule has 3 heteroatoms. The molecule has 0 saturated carbocycles. The van der Waals surface area contributed by atoms with Crippen molar-refractivity contribution in [1.29, 1.82) is 0 Å². The Bertz CT molecular complexity index is 181. The Morgan fingerprint density at radius 3 is 2.83 bits per heavy atom. The molecule has 0 aromatic carbocycles. The number of terminal acetylenes is 1. The second-order valence-electron chi connectivity index (χ2n) is 2.44. The van der Waals surface area contributed by atoms with Crippen LogP contribution in [0.25, 0.3) is 0 Å². The Morgan fingerprint density at radius 1 is 1.75 bits per heavy atom. The van der Waals surface area contributed by atoms with Gasteiger partial charge in [-0.3, -0.25) is 5.32 Å². The Labute approximate surface area is 84.1 Å². The van der Waals surface area contributed by atoms with Crippen LogP contribution in [0.15, 0.2) is 10.6 Å². The molecule has 0 saturated heterocycles. The number of nitrogens with one attached hydrogen (secondary N) is 1. The van der Waals surface area contributed by atoms with Gasteiger partial charge < -0.3 is 0 Å². The molecule has 0 bridgehead atoms. The van der Waals surface area contributed by atoms with Crippen LogP contribution in [-0.4, -0.2) is 12.6 Å². The lowest BCUT2D eigenvalue weighted by atomic mass is 10.2. The third-order valence-corrected chi connectivity index (χ3v) is 2.03. The molecule has 0 rings (SSSR count). The summed E-state index contributed by atoms with van der Waals surface area (Å²) in [7, 11) is 0. The van der Waals surface area contributed by atoms with Gasteiger partial charge in [0.05, 0.1) is 6.04 Å². The molecule has 0 heterocycles. The zero-order chi connectivity index (χ0) is 9.40. The van der Waals surface area contributed by atoms with Gasteiger partial charge >= 0.3 is 0 Å². The minimum absolute atomic E-state index is 0.0976. The van der Waals surface area contributed by atoms with Gasteiger partial charge in [0, 0.05) is 17.1 Å². The van der Waals surface area contributed by atoms with Crippen LogP contribution >= 0.6 is 23.2 Å². The van der Waals surface area contributed by atoms with E-state index in [9.17, 15) is 0 Å². The van der Waals surface area contributed by atoms with E-state index in [4.69, 9.17) is 29.6 Å². The van der Waals surface area contributed by atoms with Crippen molar-refractivity contribution >= 4 is 23.2 Å². The van der Waals surface area contributed by atoms with Gasteiger partial charge in [-0.05, 0) is 6.42 Å². The standard InChI is InChI=1S/C9H13Cl2N/c1-3-5-9(4-2)12-7-8(11)6-10/h2,6,9,12H,3,5,7H2,1H3. The first-order valence-electron chi connectivity index (χ1n) is 3.88. The average molecular weight is 206 g/mol. The molecule has 0 aliphatic carbocycles. The summed E-state index contributed by atoms with van der Waals surface area (Å²) in [6, 6.07) is 0.0976. The molecule has 0 aromatic rings. The van der Waals surface area contributed by atoms with Gasteiger partial charge in [0.25, 0.3) is 0 Å². The molecule has 1 unspecified atom stereocenters. The lowest BCUT2D eigenvalue weighted by Crippen LogP contribution is -2.28. The minimum atomic E-state index is 0.0976. The molecular formula is C9H13Cl2N. The van der Waals surface area contributed by atoms with Crippen molar-refractivity contribution in [2.45, 2.75) is 25.8 Å². The molecule has 0 aliphatic rings. The molecule has 1 nitrogen and oxygen atoms in total. The fourth-order valence-electron chi connectivity index (χ4n) is 0.792. The first-order chi connectivity index (χ1) is 5.74. The highest BCUT2D eigenvalue weighted by atomic mass is 35.5. The lowest BCUT2D eigenvalue weighted by Gasteiger charge is -2.10. The molecule has 0 aliphatic heterocycles. The van der Waals surface area contributed by atoms with Crippen LogP contribution in [0.2, 0.25) is 0 Å². The molecule has 0 aromatic heterocycles. The van der Waals surface area contributed by atoms with Gasteiger partial charge in [0.1, 0.15) is 0 Å². The smallest absolute Gasteiger partial charge is 0.0689 e. The van der Waals surface area contributed by atoms with Gasteiger partial charge in [0.2, 0.25) is 0 Å². The predicted molar refractivity (Wildman–Crippen MR) is 55.3 cm³/mol. The van der Waals surface area contributed by atoms with Crippen molar-refractivity contribution in [1.82, 2.24) is 5.32 Å². The Kier molecular flexibility index (Phi) is 7.39. The highest BCUT2D eigenvalue weighted by Crippen LogP contribution is 2.02. The highest BCUT2D eigenvalue weighted by Gasteiger charge is 2.01. The Morgan fingerprint density at radius 2 is 2.42 bits per heavy atom. The van der Waals surface area contributed by atoms with Gasteiger partial charge in [-0.2, -0.15) is 0 Å². The second-order valence-corrected chi connectivity index (χ2v) is 3.15. The summed E-state index contributed by atoms with van der Waals surface area (Å²) in [5.41, 5.74) is 1.34. The second kappa shape index (κ2) is 7.49. The van der Waals surface area contributed by atoms with Crippen LogP contribution in [0.4, 0.5) is 0 Å². The quantitative estimate of drug-likeness (QED) is 0.682. The first-order valence-corrected chi connectivity index (χ1v) is 4.70. The van der Waals surface area contributed by atoms with Crippen LogP contribution in [-0.2, 0) is 0 Å². The molecular weight excluding hydrogens is 193 g/mol. The van der Waals surface area contributed by atoms with E-state index in [0.717, 1.165) is 12.8 Å². The summed E-state index contributed by atoms with van der Waals surface area (Å²) in [6.45, 7) is 2.63. The maximum absolute atomic E-state index is 5.66. The molecule has 1 N–H and O–H groups in total. The van der Waals surface area contributed by atoms with Crippen LogP contribution in [0.3, 0.4) is 0 Å². The molecule has 12 heavy (non-hydrogen) atoms. The van der Waals surface area contributed by atoms with E-state index >= 15 is 0 Å². The van der Waals surface area contributed by atoms with Crippen molar-refractivity contribution in [3.8, 4) is 12.3 Å². The molecule has 0 amide bonds. The van der Waals surface area contributed by atoms with Gasteiger partial charge in [0.15, 0.2) is 0 Å².